The molecule has 1 aliphatic carbocycles. The van der Waals surface area contributed by atoms with Crippen molar-refractivity contribution in [1.82, 2.24) is 0 Å². The summed E-state index contributed by atoms with van der Waals surface area (Å²) in [6.45, 7) is 2.11. The minimum atomic E-state index is 0.841. The molecule has 0 unspecified atom stereocenters. The van der Waals surface area contributed by atoms with Gasteiger partial charge in [-0.05, 0) is 42.2 Å². The maximum Gasteiger partial charge on any atom is 0.0414 e. The van der Waals surface area contributed by atoms with Gasteiger partial charge >= 0.3 is 0 Å². The van der Waals surface area contributed by atoms with Gasteiger partial charge in [-0.25, -0.2) is 0 Å². The number of hydrogen-bond donors (Lipinski definition) is 0. The summed E-state index contributed by atoms with van der Waals surface area (Å²) in [5.74, 6) is 0. The van der Waals surface area contributed by atoms with Gasteiger partial charge in [0.05, 0.1) is 0 Å². The maximum atomic E-state index is 5.89. The third kappa shape index (κ3) is 1.08. The van der Waals surface area contributed by atoms with Gasteiger partial charge in [0.15, 0.2) is 0 Å². The predicted octanol–water partition coefficient (Wildman–Crippen LogP) is 3.22. The van der Waals surface area contributed by atoms with Gasteiger partial charge in [0.1, 0.15) is 0 Å². The molecule has 2 rings (SSSR count). The third-order valence-electron chi connectivity index (χ3n) is 2.09. The van der Waals surface area contributed by atoms with Crippen LogP contribution in [-0.4, -0.2) is 0 Å². The Hall–Kier alpha value is -0.750. The summed E-state index contributed by atoms with van der Waals surface area (Å²) >= 11 is 5.89. The first-order valence-corrected chi connectivity index (χ1v) is 4.11. The number of aryl methyl sites for hydroxylation is 1. The zero-order valence-electron chi connectivity index (χ0n) is 6.39. The highest BCUT2D eigenvalue weighted by molar-refractivity contribution is 6.30. The van der Waals surface area contributed by atoms with E-state index in [1.165, 1.54) is 16.7 Å². The van der Waals surface area contributed by atoms with Crippen molar-refractivity contribution in [3.63, 3.8) is 0 Å². The lowest BCUT2D eigenvalue weighted by atomic mass is 10.0. The monoisotopic (exact) mass is 164 g/mol. The molecule has 0 nitrogen and oxygen atoms in total. The Labute approximate surface area is 71.5 Å². The average Bonchev–Trinajstić information content (AvgIpc) is 2.34. The van der Waals surface area contributed by atoms with Crippen LogP contribution in [0.3, 0.4) is 0 Å². The van der Waals surface area contributed by atoms with Crippen LogP contribution in [0, 0.1) is 6.92 Å². The van der Waals surface area contributed by atoms with Crippen molar-refractivity contribution in [3.05, 3.63) is 39.9 Å². The molecule has 0 spiro atoms. The molecule has 11 heavy (non-hydrogen) atoms. The second-order valence-corrected chi connectivity index (χ2v) is 3.33. The fourth-order valence-corrected chi connectivity index (χ4v) is 1.81. The van der Waals surface area contributed by atoms with Gasteiger partial charge in [-0.15, -0.1) is 0 Å². The van der Waals surface area contributed by atoms with E-state index in [4.69, 9.17) is 11.6 Å². The molecule has 0 amide bonds. The Morgan fingerprint density at radius 3 is 3.00 bits per heavy atom. The molecule has 56 valence electrons. The van der Waals surface area contributed by atoms with Gasteiger partial charge in [0.25, 0.3) is 0 Å². The standard InChI is InChI=1S/C10H9Cl/c1-7-5-9(11)6-8-3-2-4-10(7)8/h2-3,5-6H,4H2,1H3. The van der Waals surface area contributed by atoms with Crippen molar-refractivity contribution in [2.45, 2.75) is 13.3 Å². The lowest BCUT2D eigenvalue weighted by molar-refractivity contribution is 1.24. The normalized spacial score (nSPS) is 13.6. The molecule has 0 bridgehead atoms. The molecular weight excluding hydrogens is 156 g/mol. The fourth-order valence-electron chi connectivity index (χ4n) is 1.53. The molecule has 1 heteroatoms. The zero-order valence-corrected chi connectivity index (χ0v) is 7.15. The van der Waals surface area contributed by atoms with Crippen LogP contribution in [0.2, 0.25) is 5.02 Å². The van der Waals surface area contributed by atoms with E-state index in [9.17, 15) is 0 Å². The Morgan fingerprint density at radius 2 is 2.18 bits per heavy atom. The Bertz CT molecular complexity index is 324. The summed E-state index contributed by atoms with van der Waals surface area (Å²) in [7, 11) is 0. The highest BCUT2D eigenvalue weighted by atomic mass is 35.5. The van der Waals surface area contributed by atoms with Crippen molar-refractivity contribution in [1.29, 1.82) is 0 Å². The van der Waals surface area contributed by atoms with E-state index in [0.29, 0.717) is 0 Å². The molecule has 0 radical (unpaired) electrons. The summed E-state index contributed by atoms with van der Waals surface area (Å²) in [5, 5.41) is 0.841. The summed E-state index contributed by atoms with van der Waals surface area (Å²) in [4.78, 5) is 0. The summed E-state index contributed by atoms with van der Waals surface area (Å²) in [6, 6.07) is 4.04. The first-order valence-electron chi connectivity index (χ1n) is 3.73. The van der Waals surface area contributed by atoms with Crippen molar-refractivity contribution in [3.8, 4) is 0 Å². The number of allylic oxidation sites excluding steroid dienone is 1. The minimum absolute atomic E-state index is 0.841. The second kappa shape index (κ2) is 2.38. The van der Waals surface area contributed by atoms with Gasteiger partial charge in [-0.2, -0.15) is 0 Å². The smallest absolute Gasteiger partial charge is 0.0414 e. The number of benzene rings is 1. The molecule has 0 atom stereocenters. The Kier molecular flexibility index (Phi) is 1.50. The van der Waals surface area contributed by atoms with Crippen molar-refractivity contribution >= 4 is 17.7 Å². The third-order valence-corrected chi connectivity index (χ3v) is 2.31. The lowest BCUT2D eigenvalue weighted by Crippen LogP contribution is -1.86. The minimum Gasteiger partial charge on any atom is -0.0843 e. The lowest BCUT2D eigenvalue weighted by Gasteiger charge is -2.03. The molecule has 0 aromatic heterocycles. The van der Waals surface area contributed by atoms with Gasteiger partial charge in [0.2, 0.25) is 0 Å². The quantitative estimate of drug-likeness (QED) is 0.553. The van der Waals surface area contributed by atoms with Gasteiger partial charge < -0.3 is 0 Å². The first kappa shape index (κ1) is 6.93. The van der Waals surface area contributed by atoms with E-state index in [1.807, 2.05) is 12.1 Å². The zero-order chi connectivity index (χ0) is 7.84. The molecule has 1 aromatic rings. The molecular formula is C10H9Cl. The van der Waals surface area contributed by atoms with E-state index in [0.717, 1.165) is 11.4 Å². The molecule has 1 aromatic carbocycles. The van der Waals surface area contributed by atoms with E-state index in [-0.39, 0.29) is 0 Å². The van der Waals surface area contributed by atoms with Crippen LogP contribution in [0.15, 0.2) is 18.2 Å². The van der Waals surface area contributed by atoms with E-state index in [1.54, 1.807) is 0 Å². The second-order valence-electron chi connectivity index (χ2n) is 2.90. The van der Waals surface area contributed by atoms with E-state index >= 15 is 0 Å². The van der Waals surface area contributed by atoms with Gasteiger partial charge in [0, 0.05) is 5.02 Å². The summed E-state index contributed by atoms with van der Waals surface area (Å²) < 4.78 is 0. The molecule has 0 heterocycles. The molecule has 0 saturated heterocycles. The number of halogens is 1. The predicted molar refractivity (Wildman–Crippen MR) is 48.9 cm³/mol. The van der Waals surface area contributed by atoms with Gasteiger partial charge in [-0.3, -0.25) is 0 Å². The average molecular weight is 165 g/mol. The van der Waals surface area contributed by atoms with Crippen LogP contribution in [0.25, 0.3) is 6.08 Å². The van der Waals surface area contributed by atoms with E-state index < -0.39 is 0 Å². The molecule has 1 aliphatic rings. The summed E-state index contributed by atoms with van der Waals surface area (Å²) in [6.07, 6.45) is 5.38. The van der Waals surface area contributed by atoms with Crippen molar-refractivity contribution in [2.24, 2.45) is 0 Å². The molecule has 0 aliphatic heterocycles. The molecule has 0 saturated carbocycles. The molecule has 0 fully saturated rings. The maximum absolute atomic E-state index is 5.89. The number of fused-ring (bicyclic) bond motifs is 1. The Balaban J connectivity index is 2.66. The van der Waals surface area contributed by atoms with Gasteiger partial charge in [-0.1, -0.05) is 23.8 Å². The van der Waals surface area contributed by atoms with Crippen LogP contribution in [0.4, 0.5) is 0 Å². The van der Waals surface area contributed by atoms with Crippen molar-refractivity contribution in [2.75, 3.05) is 0 Å². The van der Waals surface area contributed by atoms with Crippen LogP contribution in [-0.2, 0) is 6.42 Å². The largest absolute Gasteiger partial charge is 0.0843 e. The Morgan fingerprint density at radius 1 is 1.36 bits per heavy atom. The SMILES string of the molecule is Cc1cc(Cl)cc2c1CC=C2. The molecule has 0 N–H and O–H groups in total. The highest BCUT2D eigenvalue weighted by Crippen LogP contribution is 2.26. The van der Waals surface area contributed by atoms with Crippen LogP contribution in [0.1, 0.15) is 16.7 Å². The topological polar surface area (TPSA) is 0 Å². The first-order chi connectivity index (χ1) is 5.27. The van der Waals surface area contributed by atoms with Crippen LogP contribution in [0.5, 0.6) is 0 Å². The van der Waals surface area contributed by atoms with Crippen molar-refractivity contribution < 1.29 is 0 Å². The highest BCUT2D eigenvalue weighted by Gasteiger charge is 2.07. The van der Waals surface area contributed by atoms with Crippen LogP contribution >= 0.6 is 11.6 Å². The number of rotatable bonds is 0. The summed E-state index contributed by atoms with van der Waals surface area (Å²) in [5.41, 5.74) is 4.02. The van der Waals surface area contributed by atoms with E-state index in [2.05, 4.69) is 19.1 Å². The van der Waals surface area contributed by atoms with Crippen LogP contribution < -0.4 is 0 Å². The number of hydrogen-bond acceptors (Lipinski definition) is 0. The fraction of sp³-hybridized carbons (Fsp3) is 0.200.